The third kappa shape index (κ3) is 3.51. The van der Waals surface area contributed by atoms with Crippen molar-refractivity contribution < 1.29 is 17.9 Å². The normalized spacial score (nSPS) is 26.1. The van der Waals surface area contributed by atoms with E-state index in [1.807, 2.05) is 24.0 Å². The zero-order valence-corrected chi connectivity index (χ0v) is 19.2. The Kier molecular flexibility index (Phi) is 4.66. The molecular formula is C26H27F3N4O. The third-order valence-corrected chi connectivity index (χ3v) is 7.69. The van der Waals surface area contributed by atoms with Gasteiger partial charge < -0.3 is 19.1 Å². The number of alkyl halides is 3. The molecule has 4 aliphatic rings. The predicted molar refractivity (Wildman–Crippen MR) is 123 cm³/mol. The molecule has 3 atom stereocenters. The Bertz CT molecular complexity index is 1230. The summed E-state index contributed by atoms with van der Waals surface area (Å²) < 4.78 is 48.0. The molecule has 1 aromatic heterocycles. The van der Waals surface area contributed by atoms with E-state index in [1.54, 1.807) is 18.2 Å². The quantitative estimate of drug-likeness (QED) is 0.630. The number of hydrogen-bond acceptors (Lipinski definition) is 4. The van der Waals surface area contributed by atoms with Crippen LogP contribution in [0.5, 0.6) is 5.75 Å². The molecule has 1 saturated carbocycles. The fourth-order valence-corrected chi connectivity index (χ4v) is 5.46. The van der Waals surface area contributed by atoms with Gasteiger partial charge in [0.2, 0.25) is 0 Å². The highest BCUT2D eigenvalue weighted by atomic mass is 19.4. The molecule has 8 heteroatoms. The van der Waals surface area contributed by atoms with Crippen LogP contribution in [0.25, 0.3) is 5.70 Å². The van der Waals surface area contributed by atoms with Gasteiger partial charge in [-0.05, 0) is 44.1 Å². The van der Waals surface area contributed by atoms with Crippen molar-refractivity contribution in [2.24, 2.45) is 5.92 Å². The summed E-state index contributed by atoms with van der Waals surface area (Å²) in [5.74, 6) is -0.406. The fraction of sp³-hybridized carbons (Fsp3) is 0.423. The molecular weight excluding hydrogens is 441 g/mol. The maximum absolute atomic E-state index is 13.4. The molecule has 178 valence electrons. The molecule has 4 heterocycles. The van der Waals surface area contributed by atoms with Crippen LogP contribution in [0.1, 0.15) is 36.1 Å². The van der Waals surface area contributed by atoms with Gasteiger partial charge in [0.15, 0.2) is 0 Å². The molecule has 0 spiro atoms. The first-order chi connectivity index (χ1) is 16.2. The molecule has 2 aromatic rings. The second-order valence-corrected chi connectivity index (χ2v) is 9.91. The van der Waals surface area contributed by atoms with Gasteiger partial charge in [-0.1, -0.05) is 12.1 Å². The monoisotopic (exact) mass is 468 g/mol. The van der Waals surface area contributed by atoms with Crippen molar-refractivity contribution in [3.63, 3.8) is 0 Å². The Balaban J connectivity index is 1.24. The van der Waals surface area contributed by atoms with E-state index in [4.69, 9.17) is 4.74 Å². The van der Waals surface area contributed by atoms with Gasteiger partial charge in [-0.2, -0.15) is 13.2 Å². The highest BCUT2D eigenvalue weighted by Crippen LogP contribution is 2.60. The zero-order valence-electron chi connectivity index (χ0n) is 19.2. The van der Waals surface area contributed by atoms with Crippen LogP contribution < -0.4 is 4.74 Å². The first-order valence-electron chi connectivity index (χ1n) is 11.7. The molecule has 0 saturated heterocycles. The van der Waals surface area contributed by atoms with Crippen LogP contribution in [0, 0.1) is 12.8 Å². The molecule has 0 bridgehead atoms. The van der Waals surface area contributed by atoms with Crippen LogP contribution in [0.3, 0.4) is 0 Å². The molecule has 3 aliphatic heterocycles. The number of allylic oxidation sites excluding steroid dienone is 3. The smallest absolute Gasteiger partial charge is 0.395 e. The number of imidazole rings is 1. The van der Waals surface area contributed by atoms with Crippen molar-refractivity contribution in [2.45, 2.75) is 37.8 Å². The maximum Gasteiger partial charge on any atom is 0.395 e. The Labute approximate surface area is 196 Å². The van der Waals surface area contributed by atoms with Gasteiger partial charge in [0.05, 0.1) is 35.9 Å². The number of halogens is 3. The van der Waals surface area contributed by atoms with E-state index in [2.05, 4.69) is 39.3 Å². The lowest BCUT2D eigenvalue weighted by Gasteiger charge is -2.38. The number of nitrogens with zero attached hydrogens (tertiary/aromatic N) is 4. The van der Waals surface area contributed by atoms with Gasteiger partial charge in [-0.3, -0.25) is 0 Å². The van der Waals surface area contributed by atoms with Crippen molar-refractivity contribution in [1.29, 1.82) is 0 Å². The summed E-state index contributed by atoms with van der Waals surface area (Å²) in [6, 6.07) is 5.04. The molecule has 0 N–H and O–H groups in total. The molecule has 1 aliphatic carbocycles. The van der Waals surface area contributed by atoms with Crippen LogP contribution in [0.15, 0.2) is 61.0 Å². The van der Waals surface area contributed by atoms with Gasteiger partial charge in [-0.15, -0.1) is 0 Å². The number of hydrogen-bond donors (Lipinski definition) is 0. The first kappa shape index (κ1) is 21.4. The van der Waals surface area contributed by atoms with Crippen LogP contribution in [-0.2, 0) is 5.41 Å². The van der Waals surface area contributed by atoms with Crippen molar-refractivity contribution in [1.82, 2.24) is 19.4 Å². The highest BCUT2D eigenvalue weighted by molar-refractivity contribution is 5.61. The molecule has 34 heavy (non-hydrogen) atoms. The van der Waals surface area contributed by atoms with Crippen LogP contribution in [-0.4, -0.2) is 51.8 Å². The topological polar surface area (TPSA) is 33.5 Å². The lowest BCUT2D eigenvalue weighted by atomic mass is 9.86. The van der Waals surface area contributed by atoms with Crippen molar-refractivity contribution in [3.8, 4) is 5.75 Å². The van der Waals surface area contributed by atoms with Gasteiger partial charge in [0, 0.05) is 55.1 Å². The fourth-order valence-electron chi connectivity index (χ4n) is 5.46. The molecule has 1 fully saturated rings. The predicted octanol–water partition coefficient (Wildman–Crippen LogP) is 5.03. The maximum atomic E-state index is 13.4. The van der Waals surface area contributed by atoms with Gasteiger partial charge in [-0.25, -0.2) is 4.98 Å². The minimum absolute atomic E-state index is 0.137. The number of rotatable bonds is 4. The van der Waals surface area contributed by atoms with Crippen molar-refractivity contribution >= 4 is 5.70 Å². The van der Waals surface area contributed by atoms with E-state index in [1.165, 1.54) is 6.92 Å². The molecule has 0 radical (unpaired) electrons. The summed E-state index contributed by atoms with van der Waals surface area (Å²) in [5.41, 5.74) is 4.27. The number of aryl methyl sites for hydroxylation is 1. The number of aromatic nitrogens is 2. The summed E-state index contributed by atoms with van der Waals surface area (Å²) in [7, 11) is 0. The van der Waals surface area contributed by atoms with Gasteiger partial charge >= 0.3 is 6.18 Å². The standard InChI is InChI=1S/C26H27F3N4O/c1-17-11-33(16-30-17)22-5-4-21-12-31(7-8-32(21)13-22)15-25-10-20(25)14-34-24-6-3-19(9-23(24)25)18(2)26(27,28)29/h3-6,9,11-13,16,18,20H,7-8,10,14-15H2,1-2H3/t18?,20-,25+/m1/s1. The number of fused-ring (bicyclic) bond motifs is 4. The average molecular weight is 469 g/mol. The summed E-state index contributed by atoms with van der Waals surface area (Å²) >= 11 is 0. The summed E-state index contributed by atoms with van der Waals surface area (Å²) in [6.07, 6.45) is 9.02. The van der Waals surface area contributed by atoms with Gasteiger partial charge in [0.1, 0.15) is 5.75 Å². The minimum Gasteiger partial charge on any atom is -0.493 e. The van der Waals surface area contributed by atoms with E-state index in [9.17, 15) is 13.2 Å². The Morgan fingerprint density at radius 1 is 1.18 bits per heavy atom. The largest absolute Gasteiger partial charge is 0.493 e. The minimum atomic E-state index is -4.25. The lowest BCUT2D eigenvalue weighted by Crippen LogP contribution is -2.41. The van der Waals surface area contributed by atoms with E-state index < -0.39 is 12.1 Å². The second-order valence-electron chi connectivity index (χ2n) is 9.91. The second kappa shape index (κ2) is 7.42. The highest BCUT2D eigenvalue weighted by Gasteiger charge is 2.59. The summed E-state index contributed by atoms with van der Waals surface area (Å²) in [5, 5.41) is 0. The van der Waals surface area contributed by atoms with Gasteiger partial charge in [0.25, 0.3) is 0 Å². The molecule has 6 rings (SSSR count). The van der Waals surface area contributed by atoms with E-state index in [-0.39, 0.29) is 5.41 Å². The lowest BCUT2D eigenvalue weighted by molar-refractivity contribution is -0.146. The van der Waals surface area contributed by atoms with E-state index in [0.29, 0.717) is 18.1 Å². The first-order valence-corrected chi connectivity index (χ1v) is 11.7. The van der Waals surface area contributed by atoms with Crippen molar-refractivity contribution in [2.75, 3.05) is 26.2 Å². The third-order valence-electron chi connectivity index (χ3n) is 7.69. The summed E-state index contributed by atoms with van der Waals surface area (Å²) in [4.78, 5) is 8.87. The van der Waals surface area contributed by atoms with Crippen LogP contribution in [0.2, 0.25) is 0 Å². The Hall–Kier alpha value is -3.16. The number of ether oxygens (including phenoxy) is 1. The SMILES string of the molecule is Cc1cn(C2=CN3CCN(C[C@@]45C[C@@H]4COc4ccc(C(C)C(F)(F)F)cc45)C=C3C=C2)cn1. The molecule has 0 amide bonds. The van der Waals surface area contributed by atoms with Crippen LogP contribution >= 0.6 is 0 Å². The molecule has 1 unspecified atom stereocenters. The average Bonchev–Trinajstić information content (AvgIpc) is 3.38. The molecule has 5 nitrogen and oxygen atoms in total. The van der Waals surface area contributed by atoms with E-state index in [0.717, 1.165) is 54.5 Å². The summed E-state index contributed by atoms with van der Waals surface area (Å²) in [6.45, 7) is 6.33. The number of benzene rings is 1. The Morgan fingerprint density at radius 2 is 2.00 bits per heavy atom. The van der Waals surface area contributed by atoms with Crippen molar-refractivity contribution in [3.05, 3.63) is 77.8 Å². The zero-order chi connectivity index (χ0) is 23.7. The van der Waals surface area contributed by atoms with E-state index >= 15 is 0 Å². The Morgan fingerprint density at radius 3 is 2.76 bits per heavy atom. The van der Waals surface area contributed by atoms with Crippen LogP contribution in [0.4, 0.5) is 13.2 Å². The molecule has 1 aromatic carbocycles.